The molecule has 0 saturated carbocycles. The van der Waals surface area contributed by atoms with Crippen molar-refractivity contribution in [2.24, 2.45) is 22.7 Å². The second kappa shape index (κ2) is 11.6. The number of nitrogens with one attached hydrogen (secondary N) is 2. The summed E-state index contributed by atoms with van der Waals surface area (Å²) in [6.07, 6.45) is 4.10. The van der Waals surface area contributed by atoms with Crippen LogP contribution in [0.4, 0.5) is 0 Å². The Hall–Kier alpha value is -0.570. The Morgan fingerprint density at radius 3 is 2.21 bits per heavy atom. The van der Waals surface area contributed by atoms with Crippen molar-refractivity contribution in [3.63, 3.8) is 0 Å². The molecule has 0 aromatic rings. The van der Waals surface area contributed by atoms with Crippen LogP contribution >= 0.6 is 24.0 Å². The lowest BCUT2D eigenvalue weighted by molar-refractivity contribution is -0.121. The largest absolute Gasteiger partial charge is 0.359 e. The molecular formula is C21H42IN5O. The van der Waals surface area contributed by atoms with Crippen molar-refractivity contribution in [3.05, 3.63) is 0 Å². The first-order valence-corrected chi connectivity index (χ1v) is 10.7. The topological polar surface area (TPSA) is 60.0 Å². The van der Waals surface area contributed by atoms with Crippen LogP contribution in [-0.2, 0) is 4.79 Å². The van der Waals surface area contributed by atoms with Gasteiger partial charge in [0.1, 0.15) is 0 Å². The molecule has 1 amide bonds. The monoisotopic (exact) mass is 507 g/mol. The summed E-state index contributed by atoms with van der Waals surface area (Å²) in [7, 11) is 3.59. The molecule has 0 bridgehead atoms. The maximum Gasteiger partial charge on any atom is 0.220 e. The molecule has 28 heavy (non-hydrogen) atoms. The van der Waals surface area contributed by atoms with Crippen LogP contribution < -0.4 is 10.6 Å². The van der Waals surface area contributed by atoms with Crippen LogP contribution in [0.5, 0.6) is 0 Å². The summed E-state index contributed by atoms with van der Waals surface area (Å²) in [5.41, 5.74) is 0.108. The fourth-order valence-corrected chi connectivity index (χ4v) is 4.61. The summed E-state index contributed by atoms with van der Waals surface area (Å²) in [5.74, 6) is 3.19. The lowest BCUT2D eigenvalue weighted by Gasteiger charge is -2.46. The fourth-order valence-electron chi connectivity index (χ4n) is 4.61. The summed E-state index contributed by atoms with van der Waals surface area (Å²) in [6.45, 7) is 14.6. The zero-order valence-electron chi connectivity index (χ0n) is 18.8. The van der Waals surface area contributed by atoms with Gasteiger partial charge in [-0.1, -0.05) is 13.8 Å². The van der Waals surface area contributed by atoms with E-state index in [1.54, 1.807) is 7.05 Å². The maximum atomic E-state index is 11.6. The molecule has 0 aromatic carbocycles. The number of carbonyl (C=O) groups is 1. The zero-order chi connectivity index (χ0) is 20.0. The predicted octanol–water partition coefficient (Wildman–Crippen LogP) is 2.78. The van der Waals surface area contributed by atoms with Gasteiger partial charge < -0.3 is 15.5 Å². The number of piperidine rings is 2. The molecular weight excluding hydrogens is 465 g/mol. The average Bonchev–Trinajstić information content (AvgIpc) is 2.62. The number of carbonyl (C=O) groups excluding carboxylic acids is 1. The number of aliphatic imine (C=N–C) groups is 1. The Bertz CT molecular complexity index is 507. The van der Waals surface area contributed by atoms with Crippen LogP contribution in [0.25, 0.3) is 0 Å². The smallest absolute Gasteiger partial charge is 0.220 e. The first-order valence-electron chi connectivity index (χ1n) is 10.7. The van der Waals surface area contributed by atoms with Crippen molar-refractivity contribution < 1.29 is 4.79 Å². The van der Waals surface area contributed by atoms with Gasteiger partial charge in [0.2, 0.25) is 5.91 Å². The second-order valence-corrected chi connectivity index (χ2v) is 9.37. The number of amides is 1. The number of nitrogens with zero attached hydrogens (tertiary/aromatic N) is 3. The van der Waals surface area contributed by atoms with E-state index in [9.17, 15) is 4.79 Å². The summed E-state index contributed by atoms with van der Waals surface area (Å²) in [5, 5.41) is 6.37. The van der Waals surface area contributed by atoms with Crippen LogP contribution in [0.2, 0.25) is 0 Å². The standard InChI is InChI=1S/C21H41N5O.HI/c1-16-11-17(2)14-26(13-16)21(3,4)15-24-20(23-6)25-9-7-18(8-10-25)12-19(27)22-5;/h16-18H,7-15H2,1-6H3,(H,22,27)(H,23,24);1H. The van der Waals surface area contributed by atoms with E-state index < -0.39 is 0 Å². The Morgan fingerprint density at radius 2 is 1.71 bits per heavy atom. The third kappa shape index (κ3) is 7.35. The molecule has 2 rings (SSSR count). The lowest BCUT2D eigenvalue weighted by atomic mass is 9.88. The summed E-state index contributed by atoms with van der Waals surface area (Å²) in [4.78, 5) is 21.1. The van der Waals surface area contributed by atoms with Crippen LogP contribution in [-0.4, -0.2) is 74.0 Å². The van der Waals surface area contributed by atoms with E-state index in [1.807, 2.05) is 7.05 Å². The predicted molar refractivity (Wildman–Crippen MR) is 128 cm³/mol. The number of halogens is 1. The molecule has 2 saturated heterocycles. The molecule has 2 unspecified atom stereocenters. The minimum Gasteiger partial charge on any atom is -0.359 e. The number of rotatable bonds is 5. The third-order valence-electron chi connectivity index (χ3n) is 6.28. The fraction of sp³-hybridized carbons (Fsp3) is 0.905. The molecule has 2 heterocycles. The maximum absolute atomic E-state index is 11.6. The van der Waals surface area contributed by atoms with E-state index in [-0.39, 0.29) is 35.4 Å². The summed E-state index contributed by atoms with van der Waals surface area (Å²) >= 11 is 0. The van der Waals surface area contributed by atoms with Gasteiger partial charge in [-0.15, -0.1) is 24.0 Å². The van der Waals surface area contributed by atoms with Gasteiger partial charge in [0.25, 0.3) is 0 Å². The summed E-state index contributed by atoms with van der Waals surface area (Å²) in [6, 6.07) is 0. The van der Waals surface area contributed by atoms with Crippen LogP contribution in [0.1, 0.15) is 53.4 Å². The summed E-state index contributed by atoms with van der Waals surface area (Å²) < 4.78 is 0. The molecule has 6 nitrogen and oxygen atoms in total. The average molecular weight is 508 g/mol. The Labute approximate surface area is 189 Å². The van der Waals surface area contributed by atoms with Gasteiger partial charge in [-0.05, 0) is 50.9 Å². The third-order valence-corrected chi connectivity index (χ3v) is 6.28. The van der Waals surface area contributed by atoms with E-state index in [0.29, 0.717) is 12.3 Å². The van der Waals surface area contributed by atoms with Gasteiger partial charge >= 0.3 is 0 Å². The Balaban J connectivity index is 0.00000392. The lowest BCUT2D eigenvalue weighted by Crippen LogP contribution is -2.57. The molecule has 2 aliphatic heterocycles. The normalized spacial score (nSPS) is 25.2. The van der Waals surface area contributed by atoms with Gasteiger partial charge in [0.05, 0.1) is 0 Å². The van der Waals surface area contributed by atoms with Crippen LogP contribution in [0.15, 0.2) is 4.99 Å². The number of hydrogen-bond donors (Lipinski definition) is 2. The minimum atomic E-state index is 0. The van der Waals surface area contributed by atoms with Gasteiger partial charge in [0.15, 0.2) is 5.96 Å². The highest BCUT2D eigenvalue weighted by Crippen LogP contribution is 2.27. The van der Waals surface area contributed by atoms with E-state index in [4.69, 9.17) is 0 Å². The van der Waals surface area contributed by atoms with E-state index >= 15 is 0 Å². The SMILES string of the molecule is CN=C(NCC(C)(C)N1CC(C)CC(C)C1)N1CCC(CC(=O)NC)CC1.I. The first-order chi connectivity index (χ1) is 12.7. The molecule has 0 aromatic heterocycles. The van der Waals surface area contributed by atoms with E-state index in [0.717, 1.165) is 50.3 Å². The molecule has 164 valence electrons. The number of likely N-dealkylation sites (tertiary alicyclic amines) is 2. The zero-order valence-corrected chi connectivity index (χ0v) is 21.1. The van der Waals surface area contributed by atoms with Crippen molar-refractivity contribution in [1.82, 2.24) is 20.4 Å². The van der Waals surface area contributed by atoms with E-state index in [1.165, 1.54) is 19.5 Å². The van der Waals surface area contributed by atoms with Gasteiger partial charge in [-0.3, -0.25) is 14.7 Å². The first kappa shape index (κ1) is 25.5. The Kier molecular flexibility index (Phi) is 10.5. The molecule has 7 heteroatoms. The van der Waals surface area contributed by atoms with Crippen LogP contribution in [0, 0.1) is 17.8 Å². The molecule has 0 aliphatic carbocycles. The van der Waals surface area contributed by atoms with Crippen LogP contribution in [0.3, 0.4) is 0 Å². The molecule has 2 aliphatic rings. The molecule has 0 radical (unpaired) electrons. The quantitative estimate of drug-likeness (QED) is 0.342. The number of guanidine groups is 1. The van der Waals surface area contributed by atoms with Gasteiger partial charge in [-0.2, -0.15) is 0 Å². The molecule has 2 N–H and O–H groups in total. The highest BCUT2D eigenvalue weighted by molar-refractivity contribution is 14.0. The Morgan fingerprint density at radius 1 is 1.14 bits per heavy atom. The number of hydrogen-bond acceptors (Lipinski definition) is 3. The van der Waals surface area contributed by atoms with Crippen molar-refractivity contribution in [2.45, 2.75) is 58.9 Å². The van der Waals surface area contributed by atoms with Crippen molar-refractivity contribution in [2.75, 3.05) is 46.8 Å². The highest BCUT2D eigenvalue weighted by Gasteiger charge is 2.33. The van der Waals surface area contributed by atoms with Gasteiger partial charge in [-0.25, -0.2) is 0 Å². The van der Waals surface area contributed by atoms with Crippen molar-refractivity contribution in [1.29, 1.82) is 0 Å². The van der Waals surface area contributed by atoms with E-state index in [2.05, 4.69) is 53.1 Å². The second-order valence-electron chi connectivity index (χ2n) is 9.37. The molecule has 2 fully saturated rings. The van der Waals surface area contributed by atoms with Gasteiger partial charge in [0, 0.05) is 58.8 Å². The highest BCUT2D eigenvalue weighted by atomic mass is 127. The molecule has 0 spiro atoms. The van der Waals surface area contributed by atoms with Crippen molar-refractivity contribution >= 4 is 35.8 Å². The molecule has 2 atom stereocenters. The minimum absolute atomic E-state index is 0. The van der Waals surface area contributed by atoms with Crippen molar-refractivity contribution in [3.8, 4) is 0 Å².